The number of halogens is 2. The first-order chi connectivity index (χ1) is 8.97. The molecule has 0 atom stereocenters. The van der Waals surface area contributed by atoms with E-state index in [1.165, 1.54) is 24.4 Å². The molecule has 0 aliphatic rings. The van der Waals surface area contributed by atoms with E-state index in [0.29, 0.717) is 17.1 Å². The van der Waals surface area contributed by atoms with E-state index in [0.717, 1.165) is 5.56 Å². The van der Waals surface area contributed by atoms with E-state index >= 15 is 0 Å². The number of anilines is 2. The predicted octanol–water partition coefficient (Wildman–Crippen LogP) is 3.13. The van der Waals surface area contributed by atoms with E-state index in [9.17, 15) is 9.18 Å². The number of aromatic nitrogens is 1. The van der Waals surface area contributed by atoms with Crippen molar-refractivity contribution in [1.29, 1.82) is 0 Å². The van der Waals surface area contributed by atoms with Crippen LogP contribution < -0.4 is 11.1 Å². The van der Waals surface area contributed by atoms with E-state index in [1.807, 2.05) is 6.92 Å². The average Bonchev–Trinajstić information content (AvgIpc) is 2.37. The summed E-state index contributed by atoms with van der Waals surface area (Å²) in [4.78, 5) is 16.0. The third-order valence-corrected chi connectivity index (χ3v) is 3.18. The normalized spacial score (nSPS) is 10.3. The van der Waals surface area contributed by atoms with Crippen LogP contribution in [0.2, 0.25) is 0 Å². The Morgan fingerprint density at radius 2 is 2.16 bits per heavy atom. The number of hydrogen-bond donors (Lipinski definition) is 2. The first-order valence-corrected chi connectivity index (χ1v) is 6.25. The van der Waals surface area contributed by atoms with Crippen LogP contribution in [0.3, 0.4) is 0 Å². The fraction of sp³-hybridized carbons (Fsp3) is 0.0769. The number of benzene rings is 1. The first kappa shape index (κ1) is 13.5. The highest BCUT2D eigenvalue weighted by Crippen LogP contribution is 2.18. The molecule has 0 bridgehead atoms. The summed E-state index contributed by atoms with van der Waals surface area (Å²) >= 11 is 3.03. The monoisotopic (exact) mass is 323 g/mol. The molecule has 0 unspecified atom stereocenters. The molecule has 0 saturated carbocycles. The molecule has 3 N–H and O–H groups in total. The number of carbonyl (C=O) groups excluding carboxylic acids is 1. The van der Waals surface area contributed by atoms with Gasteiger partial charge in [-0.3, -0.25) is 4.79 Å². The zero-order chi connectivity index (χ0) is 14.0. The molecule has 6 heteroatoms. The van der Waals surface area contributed by atoms with Gasteiger partial charge in [0, 0.05) is 5.56 Å². The number of nitrogens with two attached hydrogens (primary N) is 1. The topological polar surface area (TPSA) is 68.0 Å². The number of rotatable bonds is 2. The Bertz CT molecular complexity index is 646. The van der Waals surface area contributed by atoms with Crippen LogP contribution in [0.15, 0.2) is 34.9 Å². The van der Waals surface area contributed by atoms with Crippen LogP contribution in [0, 0.1) is 12.7 Å². The third-order valence-electron chi connectivity index (χ3n) is 2.57. The summed E-state index contributed by atoms with van der Waals surface area (Å²) in [6, 6.07) is 5.71. The van der Waals surface area contributed by atoms with Gasteiger partial charge in [0.25, 0.3) is 5.91 Å². The summed E-state index contributed by atoms with van der Waals surface area (Å²) in [5.74, 6) is -0.382. The molecule has 0 radical (unpaired) electrons. The lowest BCUT2D eigenvalue weighted by Gasteiger charge is -2.07. The van der Waals surface area contributed by atoms with Crippen molar-refractivity contribution in [3.63, 3.8) is 0 Å². The largest absolute Gasteiger partial charge is 0.397 e. The van der Waals surface area contributed by atoms with Gasteiger partial charge in [0.15, 0.2) is 0 Å². The van der Waals surface area contributed by atoms with Crippen molar-refractivity contribution in [2.24, 2.45) is 0 Å². The van der Waals surface area contributed by atoms with Crippen molar-refractivity contribution in [3.05, 3.63) is 51.9 Å². The molecular formula is C13H11BrFN3O. The summed E-state index contributed by atoms with van der Waals surface area (Å²) in [6.45, 7) is 1.82. The van der Waals surface area contributed by atoms with Crippen molar-refractivity contribution >= 4 is 33.3 Å². The van der Waals surface area contributed by atoms with E-state index in [2.05, 4.69) is 26.2 Å². The molecule has 1 aromatic carbocycles. The summed E-state index contributed by atoms with van der Waals surface area (Å²) in [5.41, 5.74) is 7.36. The number of nitrogens with one attached hydrogen (secondary N) is 1. The minimum absolute atomic E-state index is 0.238. The maximum absolute atomic E-state index is 13.1. The number of carbonyl (C=O) groups is 1. The van der Waals surface area contributed by atoms with Crippen LogP contribution in [0.4, 0.5) is 15.9 Å². The minimum atomic E-state index is -0.419. The Kier molecular flexibility index (Phi) is 3.80. The SMILES string of the molecule is Cc1cc(NC(=O)c2ccc(F)c(Br)c2)ncc1N. The Morgan fingerprint density at radius 1 is 1.42 bits per heavy atom. The minimum Gasteiger partial charge on any atom is -0.397 e. The van der Waals surface area contributed by atoms with Crippen LogP contribution in [-0.4, -0.2) is 10.9 Å². The van der Waals surface area contributed by atoms with Crippen LogP contribution in [0.1, 0.15) is 15.9 Å². The van der Waals surface area contributed by atoms with Gasteiger partial charge in [-0.25, -0.2) is 9.37 Å². The molecule has 98 valence electrons. The Balaban J connectivity index is 2.20. The lowest BCUT2D eigenvalue weighted by molar-refractivity contribution is 0.102. The van der Waals surface area contributed by atoms with Gasteiger partial charge in [-0.05, 0) is 52.7 Å². The summed E-state index contributed by atoms with van der Waals surface area (Å²) in [6.07, 6.45) is 1.48. The molecular weight excluding hydrogens is 313 g/mol. The fourth-order valence-corrected chi connectivity index (χ4v) is 1.84. The van der Waals surface area contributed by atoms with Crippen LogP contribution in [-0.2, 0) is 0 Å². The number of pyridine rings is 1. The second-order valence-corrected chi connectivity index (χ2v) is 4.86. The number of aryl methyl sites for hydroxylation is 1. The van der Waals surface area contributed by atoms with E-state index in [-0.39, 0.29) is 10.4 Å². The fourth-order valence-electron chi connectivity index (χ4n) is 1.46. The van der Waals surface area contributed by atoms with Gasteiger partial charge in [-0.1, -0.05) is 0 Å². The Hall–Kier alpha value is -1.95. The van der Waals surface area contributed by atoms with Gasteiger partial charge in [0.1, 0.15) is 11.6 Å². The second kappa shape index (κ2) is 5.36. The predicted molar refractivity (Wildman–Crippen MR) is 75.4 cm³/mol. The molecule has 1 amide bonds. The molecule has 0 fully saturated rings. The van der Waals surface area contributed by atoms with Gasteiger partial charge in [-0.2, -0.15) is 0 Å². The van der Waals surface area contributed by atoms with Crippen molar-refractivity contribution < 1.29 is 9.18 Å². The molecule has 1 heterocycles. The number of hydrogen-bond acceptors (Lipinski definition) is 3. The molecule has 1 aromatic heterocycles. The highest BCUT2D eigenvalue weighted by molar-refractivity contribution is 9.10. The Labute approximate surface area is 118 Å². The lowest BCUT2D eigenvalue weighted by Crippen LogP contribution is -2.13. The number of nitrogens with zero attached hydrogens (tertiary/aromatic N) is 1. The molecule has 0 aliphatic carbocycles. The van der Waals surface area contributed by atoms with Gasteiger partial charge in [-0.15, -0.1) is 0 Å². The lowest BCUT2D eigenvalue weighted by atomic mass is 10.2. The van der Waals surface area contributed by atoms with E-state index in [1.54, 1.807) is 6.07 Å². The smallest absolute Gasteiger partial charge is 0.256 e. The standard InChI is InChI=1S/C13H11BrFN3O/c1-7-4-12(17-6-11(7)16)18-13(19)8-2-3-10(15)9(14)5-8/h2-6H,16H2,1H3,(H,17,18,19). The first-order valence-electron chi connectivity index (χ1n) is 5.46. The molecule has 2 rings (SSSR count). The maximum atomic E-state index is 13.1. The second-order valence-electron chi connectivity index (χ2n) is 4.01. The van der Waals surface area contributed by atoms with Crippen LogP contribution in [0.5, 0.6) is 0 Å². The third kappa shape index (κ3) is 3.08. The molecule has 19 heavy (non-hydrogen) atoms. The van der Waals surface area contributed by atoms with Crippen molar-refractivity contribution in [2.45, 2.75) is 6.92 Å². The van der Waals surface area contributed by atoms with Gasteiger partial charge in [0.2, 0.25) is 0 Å². The maximum Gasteiger partial charge on any atom is 0.256 e. The number of nitrogen functional groups attached to an aromatic ring is 1. The van der Waals surface area contributed by atoms with Crippen molar-refractivity contribution in [2.75, 3.05) is 11.1 Å². The molecule has 0 saturated heterocycles. The summed E-state index contributed by atoms with van der Waals surface area (Å²) in [5, 5.41) is 2.62. The van der Waals surface area contributed by atoms with Gasteiger partial charge >= 0.3 is 0 Å². The highest BCUT2D eigenvalue weighted by atomic mass is 79.9. The van der Waals surface area contributed by atoms with Gasteiger partial charge in [0.05, 0.1) is 16.4 Å². The van der Waals surface area contributed by atoms with E-state index in [4.69, 9.17) is 5.73 Å². The zero-order valence-electron chi connectivity index (χ0n) is 10.1. The van der Waals surface area contributed by atoms with Crippen LogP contribution >= 0.6 is 15.9 Å². The molecule has 0 aliphatic heterocycles. The average molecular weight is 324 g/mol. The highest BCUT2D eigenvalue weighted by Gasteiger charge is 2.09. The molecule has 4 nitrogen and oxygen atoms in total. The van der Waals surface area contributed by atoms with Crippen LogP contribution in [0.25, 0.3) is 0 Å². The zero-order valence-corrected chi connectivity index (χ0v) is 11.7. The van der Waals surface area contributed by atoms with Gasteiger partial charge < -0.3 is 11.1 Å². The summed E-state index contributed by atoms with van der Waals surface area (Å²) in [7, 11) is 0. The van der Waals surface area contributed by atoms with Crippen molar-refractivity contribution in [1.82, 2.24) is 4.98 Å². The number of amides is 1. The van der Waals surface area contributed by atoms with E-state index < -0.39 is 5.82 Å². The quantitative estimate of drug-likeness (QED) is 0.892. The molecule has 2 aromatic rings. The molecule has 0 spiro atoms. The summed E-state index contributed by atoms with van der Waals surface area (Å²) < 4.78 is 13.3. The Morgan fingerprint density at radius 3 is 2.79 bits per heavy atom. The van der Waals surface area contributed by atoms with Crippen molar-refractivity contribution in [3.8, 4) is 0 Å².